The lowest BCUT2D eigenvalue weighted by molar-refractivity contribution is 0.202. The third-order valence-electron chi connectivity index (χ3n) is 3.52. The highest BCUT2D eigenvalue weighted by Gasteiger charge is 2.32. The number of hydrogen-bond donors (Lipinski definition) is 0. The average Bonchev–Trinajstić information content (AvgIpc) is 3.23. The van der Waals surface area contributed by atoms with Crippen molar-refractivity contribution < 1.29 is 4.74 Å². The van der Waals surface area contributed by atoms with E-state index in [1.807, 2.05) is 12.1 Å². The molecule has 0 radical (unpaired) electrons. The van der Waals surface area contributed by atoms with Crippen LogP contribution >= 0.6 is 0 Å². The molecule has 0 amide bonds. The molecule has 0 aromatic carbocycles. The predicted octanol–water partition coefficient (Wildman–Crippen LogP) is 2.20. The van der Waals surface area contributed by atoms with Crippen LogP contribution in [0.3, 0.4) is 0 Å². The van der Waals surface area contributed by atoms with E-state index in [1.54, 1.807) is 13.3 Å². The van der Waals surface area contributed by atoms with Crippen LogP contribution in [0.1, 0.15) is 25.5 Å². The Morgan fingerprint density at radius 2 is 2.39 bits per heavy atom. The molecule has 1 aliphatic rings. The van der Waals surface area contributed by atoms with Gasteiger partial charge in [-0.3, -0.25) is 0 Å². The second-order valence-electron chi connectivity index (χ2n) is 4.78. The summed E-state index contributed by atoms with van der Waals surface area (Å²) in [5, 5.41) is 8.92. The fourth-order valence-corrected chi connectivity index (χ4v) is 2.25. The van der Waals surface area contributed by atoms with Gasteiger partial charge in [-0.25, -0.2) is 4.98 Å². The van der Waals surface area contributed by atoms with E-state index in [4.69, 9.17) is 10.00 Å². The second-order valence-corrected chi connectivity index (χ2v) is 4.78. The molecule has 0 spiro atoms. The van der Waals surface area contributed by atoms with E-state index in [9.17, 15) is 0 Å². The first-order valence-electron chi connectivity index (χ1n) is 6.38. The molecule has 1 fully saturated rings. The van der Waals surface area contributed by atoms with Crippen LogP contribution in [0.25, 0.3) is 0 Å². The molecule has 1 saturated carbocycles. The molecule has 1 atom stereocenters. The number of methoxy groups -OCH3 is 1. The van der Waals surface area contributed by atoms with Gasteiger partial charge >= 0.3 is 0 Å². The van der Waals surface area contributed by atoms with Gasteiger partial charge in [-0.1, -0.05) is 0 Å². The van der Waals surface area contributed by atoms with Crippen molar-refractivity contribution in [3.05, 3.63) is 24.0 Å². The van der Waals surface area contributed by atoms with Crippen molar-refractivity contribution >= 4 is 5.69 Å². The minimum absolute atomic E-state index is 0.470. The highest BCUT2D eigenvalue weighted by atomic mass is 16.5. The molecule has 0 N–H and O–H groups in total. The number of nitriles is 1. The first-order valence-corrected chi connectivity index (χ1v) is 6.38. The summed E-state index contributed by atoms with van der Waals surface area (Å²) < 4.78 is 5.18. The Morgan fingerprint density at radius 3 is 3.00 bits per heavy atom. The minimum atomic E-state index is 0.470. The topological polar surface area (TPSA) is 49.1 Å². The Balaban J connectivity index is 2.18. The molecule has 0 bridgehead atoms. The summed E-state index contributed by atoms with van der Waals surface area (Å²) in [5.41, 5.74) is 1.54. The average molecular weight is 245 g/mol. The lowest BCUT2D eigenvalue weighted by atomic mass is 10.1. The van der Waals surface area contributed by atoms with Crippen molar-refractivity contribution in [2.45, 2.75) is 25.8 Å². The molecule has 18 heavy (non-hydrogen) atoms. The third kappa shape index (κ3) is 2.99. The van der Waals surface area contributed by atoms with E-state index < -0.39 is 0 Å². The van der Waals surface area contributed by atoms with Crippen LogP contribution in [0.15, 0.2) is 18.3 Å². The summed E-state index contributed by atoms with van der Waals surface area (Å²) in [6, 6.07) is 6.41. The standard InChI is InChI=1S/C14H19N3O/c1-11(12-3-4-12)17(7-8-18-2)14-5-6-16-13(9-14)10-15/h5-6,9,11-12H,3-4,7-8H2,1-2H3. The Morgan fingerprint density at radius 1 is 1.61 bits per heavy atom. The molecule has 2 rings (SSSR count). The van der Waals surface area contributed by atoms with Crippen LogP contribution in [-0.2, 0) is 4.74 Å². The van der Waals surface area contributed by atoms with Crippen molar-refractivity contribution in [3.63, 3.8) is 0 Å². The van der Waals surface area contributed by atoms with Gasteiger partial charge in [0.2, 0.25) is 0 Å². The van der Waals surface area contributed by atoms with Gasteiger partial charge < -0.3 is 9.64 Å². The molecule has 1 heterocycles. The molecular formula is C14H19N3O. The zero-order chi connectivity index (χ0) is 13.0. The Kier molecular flexibility index (Phi) is 4.16. The SMILES string of the molecule is COCCN(c1ccnc(C#N)c1)C(C)C1CC1. The van der Waals surface area contributed by atoms with Crippen molar-refractivity contribution in [2.75, 3.05) is 25.2 Å². The monoisotopic (exact) mass is 245 g/mol. The zero-order valence-corrected chi connectivity index (χ0v) is 11.0. The minimum Gasteiger partial charge on any atom is -0.383 e. The van der Waals surface area contributed by atoms with Crippen LogP contribution < -0.4 is 4.90 Å². The number of rotatable bonds is 6. The largest absolute Gasteiger partial charge is 0.383 e. The predicted molar refractivity (Wildman–Crippen MR) is 70.4 cm³/mol. The van der Waals surface area contributed by atoms with E-state index in [2.05, 4.69) is 22.9 Å². The molecular weight excluding hydrogens is 226 g/mol. The zero-order valence-electron chi connectivity index (χ0n) is 11.0. The van der Waals surface area contributed by atoms with Crippen molar-refractivity contribution in [1.82, 2.24) is 4.98 Å². The molecule has 4 heteroatoms. The molecule has 1 unspecified atom stereocenters. The Bertz CT molecular complexity index is 437. The van der Waals surface area contributed by atoms with Crippen molar-refractivity contribution in [2.24, 2.45) is 5.92 Å². The van der Waals surface area contributed by atoms with E-state index >= 15 is 0 Å². The summed E-state index contributed by atoms with van der Waals surface area (Å²) in [6.07, 6.45) is 4.31. The second kappa shape index (κ2) is 5.83. The van der Waals surface area contributed by atoms with E-state index in [-0.39, 0.29) is 0 Å². The number of aromatic nitrogens is 1. The smallest absolute Gasteiger partial charge is 0.142 e. The van der Waals surface area contributed by atoms with Gasteiger partial charge in [0, 0.05) is 31.6 Å². The normalized spacial score (nSPS) is 16.1. The van der Waals surface area contributed by atoms with Gasteiger partial charge in [-0.2, -0.15) is 5.26 Å². The summed E-state index contributed by atoms with van der Waals surface area (Å²) in [4.78, 5) is 6.34. The van der Waals surface area contributed by atoms with E-state index in [0.717, 1.165) is 18.2 Å². The maximum atomic E-state index is 8.92. The lowest BCUT2D eigenvalue weighted by Gasteiger charge is -2.31. The lowest BCUT2D eigenvalue weighted by Crippen LogP contribution is -2.37. The van der Waals surface area contributed by atoms with Crippen molar-refractivity contribution in [1.29, 1.82) is 5.26 Å². The van der Waals surface area contributed by atoms with Crippen LogP contribution in [0.5, 0.6) is 0 Å². The van der Waals surface area contributed by atoms with Gasteiger partial charge in [-0.15, -0.1) is 0 Å². The van der Waals surface area contributed by atoms with Crippen LogP contribution in [0.2, 0.25) is 0 Å². The first kappa shape index (κ1) is 12.8. The fourth-order valence-electron chi connectivity index (χ4n) is 2.25. The quantitative estimate of drug-likeness (QED) is 0.771. The van der Waals surface area contributed by atoms with Crippen molar-refractivity contribution in [3.8, 4) is 6.07 Å². The van der Waals surface area contributed by atoms with Gasteiger partial charge in [0.1, 0.15) is 11.8 Å². The molecule has 1 aliphatic carbocycles. The van der Waals surface area contributed by atoms with Crippen LogP contribution in [-0.4, -0.2) is 31.3 Å². The first-order chi connectivity index (χ1) is 8.76. The number of hydrogen-bond acceptors (Lipinski definition) is 4. The maximum absolute atomic E-state index is 8.92. The third-order valence-corrected chi connectivity index (χ3v) is 3.52. The molecule has 96 valence electrons. The van der Waals surface area contributed by atoms with E-state index in [1.165, 1.54) is 12.8 Å². The summed E-state index contributed by atoms with van der Waals surface area (Å²) >= 11 is 0. The molecule has 0 aliphatic heterocycles. The van der Waals surface area contributed by atoms with Crippen LogP contribution in [0, 0.1) is 17.2 Å². The van der Waals surface area contributed by atoms with Crippen LogP contribution in [0.4, 0.5) is 5.69 Å². The van der Waals surface area contributed by atoms with E-state index in [0.29, 0.717) is 18.3 Å². The van der Waals surface area contributed by atoms with Gasteiger partial charge in [0.05, 0.1) is 6.61 Å². The highest BCUT2D eigenvalue weighted by Crippen LogP contribution is 2.36. The Hall–Kier alpha value is -1.60. The summed E-state index contributed by atoms with van der Waals surface area (Å²) in [7, 11) is 1.72. The molecule has 1 aromatic heterocycles. The number of ether oxygens (including phenoxy) is 1. The number of anilines is 1. The number of nitrogens with zero attached hydrogens (tertiary/aromatic N) is 3. The highest BCUT2D eigenvalue weighted by molar-refractivity contribution is 5.50. The maximum Gasteiger partial charge on any atom is 0.142 e. The molecule has 0 saturated heterocycles. The van der Waals surface area contributed by atoms with Gasteiger partial charge in [0.25, 0.3) is 0 Å². The Labute approximate surface area is 108 Å². The van der Waals surface area contributed by atoms with Gasteiger partial charge in [0.15, 0.2) is 0 Å². The summed E-state index contributed by atoms with van der Waals surface area (Å²) in [6.45, 7) is 3.80. The molecule has 4 nitrogen and oxygen atoms in total. The molecule has 1 aromatic rings. The number of pyridine rings is 1. The fraction of sp³-hybridized carbons (Fsp3) is 0.571. The van der Waals surface area contributed by atoms with Gasteiger partial charge in [-0.05, 0) is 37.8 Å². The summed E-state index contributed by atoms with van der Waals surface area (Å²) in [5.74, 6) is 0.778.